The summed E-state index contributed by atoms with van der Waals surface area (Å²) in [5.41, 5.74) is 3.95. The molecule has 1 amide bonds. The molecule has 0 fully saturated rings. The van der Waals surface area contributed by atoms with E-state index < -0.39 is 0 Å². The maximum atomic E-state index is 12.3. The molecule has 5 heteroatoms. The molecule has 5 nitrogen and oxygen atoms in total. The third kappa shape index (κ3) is 3.47. The zero-order valence-corrected chi connectivity index (χ0v) is 13.8. The predicted octanol–water partition coefficient (Wildman–Crippen LogP) is 2.41. The summed E-state index contributed by atoms with van der Waals surface area (Å²) in [6.07, 6.45) is 0.765. The SMILES string of the molecule is COc1cccc(C(=O)N[C@@H](C)Cc2c(C)nn(C)c2C)c1. The number of ether oxygens (including phenoxy) is 1. The lowest BCUT2D eigenvalue weighted by molar-refractivity contribution is 0.0939. The van der Waals surface area contributed by atoms with Gasteiger partial charge in [0.05, 0.1) is 12.8 Å². The van der Waals surface area contributed by atoms with Gasteiger partial charge >= 0.3 is 0 Å². The first-order chi connectivity index (χ1) is 10.4. The van der Waals surface area contributed by atoms with Crippen LogP contribution in [-0.4, -0.2) is 28.8 Å². The average molecular weight is 301 g/mol. The standard InChI is InChI=1S/C17H23N3O2/c1-11(9-16-12(2)19-20(4)13(16)3)18-17(21)14-7-6-8-15(10-14)22-5/h6-8,10-11H,9H2,1-5H3,(H,18,21)/t11-/m0/s1. The summed E-state index contributed by atoms with van der Waals surface area (Å²) in [6.45, 7) is 6.05. The second kappa shape index (κ2) is 6.64. The summed E-state index contributed by atoms with van der Waals surface area (Å²) in [5.74, 6) is 0.588. The summed E-state index contributed by atoms with van der Waals surface area (Å²) in [5, 5.41) is 7.44. The summed E-state index contributed by atoms with van der Waals surface area (Å²) >= 11 is 0. The highest BCUT2D eigenvalue weighted by molar-refractivity contribution is 5.94. The molecule has 0 radical (unpaired) electrons. The smallest absolute Gasteiger partial charge is 0.251 e. The predicted molar refractivity (Wildman–Crippen MR) is 86.3 cm³/mol. The maximum Gasteiger partial charge on any atom is 0.251 e. The van der Waals surface area contributed by atoms with Crippen molar-refractivity contribution in [3.05, 3.63) is 46.8 Å². The minimum Gasteiger partial charge on any atom is -0.497 e. The van der Waals surface area contributed by atoms with Crippen LogP contribution in [0.5, 0.6) is 5.75 Å². The molecule has 118 valence electrons. The van der Waals surface area contributed by atoms with Crippen LogP contribution in [-0.2, 0) is 13.5 Å². The Morgan fingerprint density at radius 2 is 2.14 bits per heavy atom. The number of nitrogens with zero attached hydrogens (tertiary/aromatic N) is 2. The minimum atomic E-state index is -0.0920. The number of hydrogen-bond donors (Lipinski definition) is 1. The molecule has 0 unspecified atom stereocenters. The van der Waals surface area contributed by atoms with Crippen molar-refractivity contribution >= 4 is 5.91 Å². The third-order valence-corrected chi connectivity index (χ3v) is 3.88. The lowest BCUT2D eigenvalue weighted by atomic mass is 10.0. The topological polar surface area (TPSA) is 56.1 Å². The van der Waals surface area contributed by atoms with E-state index >= 15 is 0 Å². The van der Waals surface area contributed by atoms with Gasteiger partial charge in [0.2, 0.25) is 0 Å². The van der Waals surface area contributed by atoms with E-state index in [1.54, 1.807) is 19.2 Å². The van der Waals surface area contributed by atoms with Crippen molar-refractivity contribution in [2.45, 2.75) is 33.2 Å². The molecule has 1 aromatic carbocycles. The number of amides is 1. The van der Waals surface area contributed by atoms with Gasteiger partial charge in [-0.1, -0.05) is 6.07 Å². The van der Waals surface area contributed by atoms with Gasteiger partial charge in [0.15, 0.2) is 0 Å². The van der Waals surface area contributed by atoms with Crippen molar-refractivity contribution < 1.29 is 9.53 Å². The van der Waals surface area contributed by atoms with E-state index in [0.29, 0.717) is 11.3 Å². The maximum absolute atomic E-state index is 12.3. The minimum absolute atomic E-state index is 0.0281. The Morgan fingerprint density at radius 1 is 1.41 bits per heavy atom. The number of benzene rings is 1. The molecule has 1 heterocycles. The van der Waals surface area contributed by atoms with Gasteiger partial charge in [-0.2, -0.15) is 5.10 Å². The zero-order valence-electron chi connectivity index (χ0n) is 13.8. The number of carbonyl (C=O) groups excluding carboxylic acids is 1. The number of hydrogen-bond acceptors (Lipinski definition) is 3. The molecule has 0 spiro atoms. The van der Waals surface area contributed by atoms with Gasteiger partial charge in [-0.05, 0) is 51.0 Å². The number of carbonyl (C=O) groups is 1. The molecule has 0 saturated carbocycles. The van der Waals surface area contributed by atoms with Gasteiger partial charge in [0, 0.05) is 24.3 Å². The Labute approximate surface area is 131 Å². The van der Waals surface area contributed by atoms with Crippen molar-refractivity contribution in [1.29, 1.82) is 0 Å². The second-order valence-corrected chi connectivity index (χ2v) is 5.58. The molecule has 1 atom stereocenters. The van der Waals surface area contributed by atoms with Crippen molar-refractivity contribution in [1.82, 2.24) is 15.1 Å². The fourth-order valence-electron chi connectivity index (χ4n) is 2.54. The number of aryl methyl sites for hydroxylation is 2. The summed E-state index contributed by atoms with van der Waals surface area (Å²) in [4.78, 5) is 12.3. The molecular weight excluding hydrogens is 278 g/mol. The van der Waals surface area contributed by atoms with Crippen LogP contribution in [0, 0.1) is 13.8 Å². The van der Waals surface area contributed by atoms with Crippen LogP contribution in [0.25, 0.3) is 0 Å². The average Bonchev–Trinajstić information content (AvgIpc) is 2.73. The Bertz CT molecular complexity index is 677. The van der Waals surface area contributed by atoms with E-state index in [1.807, 2.05) is 44.6 Å². The van der Waals surface area contributed by atoms with Crippen LogP contribution >= 0.6 is 0 Å². The molecule has 0 aliphatic rings. The summed E-state index contributed by atoms with van der Waals surface area (Å²) in [7, 11) is 3.53. The monoisotopic (exact) mass is 301 g/mol. The van der Waals surface area contributed by atoms with Crippen LogP contribution in [0.1, 0.15) is 34.2 Å². The van der Waals surface area contributed by atoms with Crippen LogP contribution in [0.2, 0.25) is 0 Å². The second-order valence-electron chi connectivity index (χ2n) is 5.58. The van der Waals surface area contributed by atoms with Crippen molar-refractivity contribution in [3.63, 3.8) is 0 Å². The normalized spacial score (nSPS) is 12.0. The summed E-state index contributed by atoms with van der Waals surface area (Å²) < 4.78 is 7.03. The van der Waals surface area contributed by atoms with Crippen molar-refractivity contribution in [2.75, 3.05) is 7.11 Å². The largest absolute Gasteiger partial charge is 0.497 e. The molecule has 1 aromatic heterocycles. The molecule has 2 rings (SSSR count). The van der Waals surface area contributed by atoms with Crippen LogP contribution < -0.4 is 10.1 Å². The van der Waals surface area contributed by atoms with E-state index in [2.05, 4.69) is 10.4 Å². The molecule has 1 N–H and O–H groups in total. The molecule has 0 saturated heterocycles. The van der Waals surface area contributed by atoms with Gasteiger partial charge in [0.1, 0.15) is 5.75 Å². The highest BCUT2D eigenvalue weighted by atomic mass is 16.5. The lowest BCUT2D eigenvalue weighted by Gasteiger charge is -2.14. The van der Waals surface area contributed by atoms with E-state index in [-0.39, 0.29) is 11.9 Å². The van der Waals surface area contributed by atoms with Gasteiger partial charge in [-0.3, -0.25) is 9.48 Å². The van der Waals surface area contributed by atoms with E-state index in [1.165, 1.54) is 5.56 Å². The van der Waals surface area contributed by atoms with Crippen LogP contribution in [0.15, 0.2) is 24.3 Å². The molecule has 0 aliphatic carbocycles. The van der Waals surface area contributed by atoms with Crippen molar-refractivity contribution in [3.8, 4) is 5.75 Å². The lowest BCUT2D eigenvalue weighted by Crippen LogP contribution is -2.34. The first-order valence-electron chi connectivity index (χ1n) is 7.36. The fourth-order valence-corrected chi connectivity index (χ4v) is 2.54. The van der Waals surface area contributed by atoms with Crippen LogP contribution in [0.3, 0.4) is 0 Å². The van der Waals surface area contributed by atoms with E-state index in [0.717, 1.165) is 17.8 Å². The van der Waals surface area contributed by atoms with Crippen molar-refractivity contribution in [2.24, 2.45) is 7.05 Å². The molecule has 22 heavy (non-hydrogen) atoms. The van der Waals surface area contributed by atoms with E-state index in [4.69, 9.17) is 4.74 Å². The van der Waals surface area contributed by atoms with Gasteiger partial charge in [0.25, 0.3) is 5.91 Å². The molecule has 0 aliphatic heterocycles. The fraction of sp³-hybridized carbons (Fsp3) is 0.412. The highest BCUT2D eigenvalue weighted by Crippen LogP contribution is 2.15. The quantitative estimate of drug-likeness (QED) is 0.922. The van der Waals surface area contributed by atoms with Crippen LogP contribution in [0.4, 0.5) is 0 Å². The Hall–Kier alpha value is -2.30. The Kier molecular flexibility index (Phi) is 4.85. The van der Waals surface area contributed by atoms with Gasteiger partial charge < -0.3 is 10.1 Å². The molecular formula is C17H23N3O2. The van der Waals surface area contributed by atoms with Gasteiger partial charge in [-0.25, -0.2) is 0 Å². The summed E-state index contributed by atoms with van der Waals surface area (Å²) in [6, 6.07) is 7.18. The molecule has 2 aromatic rings. The van der Waals surface area contributed by atoms with Gasteiger partial charge in [-0.15, -0.1) is 0 Å². The number of aromatic nitrogens is 2. The first-order valence-corrected chi connectivity index (χ1v) is 7.36. The number of nitrogens with one attached hydrogen (secondary N) is 1. The number of rotatable bonds is 5. The highest BCUT2D eigenvalue weighted by Gasteiger charge is 2.15. The van der Waals surface area contributed by atoms with E-state index in [9.17, 15) is 4.79 Å². The Morgan fingerprint density at radius 3 is 2.73 bits per heavy atom. The zero-order chi connectivity index (χ0) is 16.3. The third-order valence-electron chi connectivity index (χ3n) is 3.88. The molecule has 0 bridgehead atoms. The number of methoxy groups -OCH3 is 1. The first kappa shape index (κ1) is 16.1. The Balaban J connectivity index is 2.05.